The van der Waals surface area contributed by atoms with Crippen molar-refractivity contribution >= 4 is 0 Å². The zero-order valence-corrected chi connectivity index (χ0v) is 32.6. The highest BCUT2D eigenvalue weighted by molar-refractivity contribution is 5.01. The lowest BCUT2D eigenvalue weighted by Crippen LogP contribution is -2.57. The minimum atomic E-state index is -0.155. The predicted octanol–water partition coefficient (Wildman–Crippen LogP) is 11.4. The third kappa shape index (κ3) is 12.9. The number of nitrogens with two attached hydrogens (primary N) is 2. The van der Waals surface area contributed by atoms with Crippen LogP contribution in [0.5, 0.6) is 0 Å². The van der Waals surface area contributed by atoms with Gasteiger partial charge in [-0.2, -0.15) is 0 Å². The van der Waals surface area contributed by atoms with E-state index < -0.39 is 0 Å². The molecule has 2 rings (SSSR count). The fourth-order valence-electron chi connectivity index (χ4n) is 10.3. The summed E-state index contributed by atoms with van der Waals surface area (Å²) in [6, 6.07) is 0. The SMILES string of the molecule is CCCC[16N](CCCC)C1(C(CC)CC(CCCCC(N)N)CC(CC)C2([16N](CCCC)CCCC)CCCCC2)CCCCC1. The van der Waals surface area contributed by atoms with Gasteiger partial charge in [0.05, 0.1) is 6.17 Å². The normalized spacial score (nSPS) is 20.4. The second-order valence-electron chi connectivity index (χ2n) is 16.2. The average Bonchev–Trinajstić information content (AvgIpc) is 3.08. The lowest BCUT2D eigenvalue weighted by molar-refractivity contribution is -0.0305. The molecule has 0 aromatic heterocycles. The Morgan fingerprint density at radius 3 is 1.13 bits per heavy atom. The van der Waals surface area contributed by atoms with Crippen molar-refractivity contribution in [1.82, 2.24) is 9.80 Å². The van der Waals surface area contributed by atoms with Crippen LogP contribution in [0.2, 0.25) is 0 Å². The molecule has 0 aromatic carbocycles. The highest BCUT2D eigenvalue weighted by Crippen LogP contribution is 2.48. The van der Waals surface area contributed by atoms with Crippen LogP contribution in [-0.4, -0.2) is 53.2 Å². The van der Waals surface area contributed by atoms with Crippen LogP contribution in [0.1, 0.15) is 208 Å². The van der Waals surface area contributed by atoms with E-state index in [1.54, 1.807) is 0 Å². The van der Waals surface area contributed by atoms with E-state index in [0.29, 0.717) is 11.1 Å². The zero-order valence-electron chi connectivity index (χ0n) is 32.6. The van der Waals surface area contributed by atoms with Crippen molar-refractivity contribution in [1.29, 1.82) is 0 Å². The van der Waals surface area contributed by atoms with E-state index >= 15 is 0 Å². The maximum atomic E-state index is 6.04. The third-order valence-corrected chi connectivity index (χ3v) is 13.0. The molecule has 2 unspecified atom stereocenters. The van der Waals surface area contributed by atoms with Gasteiger partial charge < -0.3 is 11.5 Å². The molecule has 0 saturated heterocycles. The molecule has 4 N–H and O–H groups in total. The highest BCUT2D eigenvalue weighted by atomic mass is 16.7. The van der Waals surface area contributed by atoms with E-state index in [1.165, 1.54) is 187 Å². The molecule has 0 aliphatic heterocycles. The number of hydrogen-bond acceptors (Lipinski definition) is 4. The lowest BCUT2D eigenvalue weighted by Gasteiger charge is -2.54. The molecule has 0 amide bonds. The van der Waals surface area contributed by atoms with E-state index in [4.69, 9.17) is 11.5 Å². The Morgan fingerprint density at radius 2 is 0.826 bits per heavy atom. The topological polar surface area (TPSA) is 58.5 Å². The van der Waals surface area contributed by atoms with Crippen molar-refractivity contribution in [3.63, 3.8) is 0 Å². The lowest BCUT2D eigenvalue weighted by atomic mass is 9.66. The first kappa shape index (κ1) is 42.0. The fourth-order valence-corrected chi connectivity index (χ4v) is 10.3. The van der Waals surface area contributed by atoms with Crippen LogP contribution in [0.15, 0.2) is 0 Å². The van der Waals surface area contributed by atoms with Crippen LogP contribution in [-0.2, 0) is 0 Å². The van der Waals surface area contributed by atoms with Crippen LogP contribution in [0, 0.1) is 17.8 Å². The van der Waals surface area contributed by atoms with Gasteiger partial charge in [0, 0.05) is 11.1 Å². The summed E-state index contributed by atoms with van der Waals surface area (Å²) in [4.78, 5) is 6.16. The molecule has 4 nitrogen and oxygen atoms in total. The van der Waals surface area contributed by atoms with Crippen molar-refractivity contribution in [3.05, 3.63) is 0 Å². The smallest absolute Gasteiger partial charge is 0.0520 e. The van der Waals surface area contributed by atoms with Gasteiger partial charge in [0.1, 0.15) is 0 Å². The molecule has 2 saturated carbocycles. The van der Waals surface area contributed by atoms with Crippen molar-refractivity contribution in [2.45, 2.75) is 226 Å². The molecule has 0 bridgehead atoms. The number of nitrogens with zero attached hydrogens (tertiary/aromatic N) is 2. The predicted molar refractivity (Wildman–Crippen MR) is 205 cm³/mol. The van der Waals surface area contributed by atoms with E-state index in [-0.39, 0.29) is 6.17 Å². The van der Waals surface area contributed by atoms with Gasteiger partial charge in [0.25, 0.3) is 0 Å². The van der Waals surface area contributed by atoms with Crippen LogP contribution >= 0.6 is 0 Å². The second kappa shape index (κ2) is 24.1. The van der Waals surface area contributed by atoms with Crippen LogP contribution in [0.25, 0.3) is 0 Å². The van der Waals surface area contributed by atoms with Crippen molar-refractivity contribution in [2.75, 3.05) is 26.2 Å². The maximum Gasteiger partial charge on any atom is 0.0520 e. The minimum Gasteiger partial charge on any atom is -0.316 e. The largest absolute Gasteiger partial charge is 0.316 e. The summed E-state index contributed by atoms with van der Waals surface area (Å²) in [6.07, 6.45) is 35.4. The van der Waals surface area contributed by atoms with Gasteiger partial charge in [-0.15, -0.1) is 0 Å². The van der Waals surface area contributed by atoms with Gasteiger partial charge in [0.2, 0.25) is 0 Å². The number of rotatable bonds is 27. The van der Waals surface area contributed by atoms with Crippen LogP contribution in [0.4, 0.5) is 0 Å². The Balaban J connectivity index is 2.45. The van der Waals surface area contributed by atoms with E-state index in [2.05, 4.69) is 51.3 Å². The Kier molecular flexibility index (Phi) is 22.0. The first-order chi connectivity index (χ1) is 22.4. The van der Waals surface area contributed by atoms with Crippen molar-refractivity contribution in [3.8, 4) is 0 Å². The minimum absolute atomic E-state index is 0.155. The molecule has 0 radical (unpaired) electrons. The summed E-state index contributed by atoms with van der Waals surface area (Å²) in [5.41, 5.74) is 12.9. The van der Waals surface area contributed by atoms with Gasteiger partial charge in [0.15, 0.2) is 0 Å². The summed E-state index contributed by atoms with van der Waals surface area (Å²) in [6.45, 7) is 19.9. The standard InChI is InChI=1S/C42H86N4/c1-7-13-31-45(32-14-8-2)41(27-21-17-22-28-41)38(11-5)35-37(25-19-20-26-40(43)44)36-39(12-6)42(29-23-18-24-30-42)46(33-15-9-3)34-16-10-4/h37-40H,7-36,43-44H2,1-6H3/i45+2,46+2. The summed E-state index contributed by atoms with van der Waals surface area (Å²) < 4.78 is 0. The van der Waals surface area contributed by atoms with Crippen molar-refractivity contribution in [2.24, 2.45) is 29.2 Å². The van der Waals surface area contributed by atoms with Crippen molar-refractivity contribution < 1.29 is 0 Å². The van der Waals surface area contributed by atoms with Gasteiger partial charge in [-0.1, -0.05) is 138 Å². The third-order valence-electron chi connectivity index (χ3n) is 13.0. The molecule has 2 aliphatic rings. The average molecular weight is 651 g/mol. The Hall–Kier alpha value is -0.160. The first-order valence-electron chi connectivity index (χ1n) is 21.4. The van der Waals surface area contributed by atoms with Gasteiger partial charge in [-0.3, -0.25) is 9.80 Å². The molecule has 2 aliphatic carbocycles. The van der Waals surface area contributed by atoms with E-state index in [9.17, 15) is 0 Å². The molecule has 0 aromatic rings. The monoisotopic (exact) mass is 651 g/mol. The second-order valence-corrected chi connectivity index (χ2v) is 16.2. The molecule has 0 spiro atoms. The zero-order chi connectivity index (χ0) is 33.7. The molecule has 274 valence electrons. The van der Waals surface area contributed by atoms with E-state index in [1.807, 2.05) is 0 Å². The maximum absolute atomic E-state index is 6.04. The van der Waals surface area contributed by atoms with Crippen LogP contribution < -0.4 is 11.5 Å². The molecule has 0 heterocycles. The summed E-state index contributed by atoms with van der Waals surface area (Å²) in [7, 11) is 0. The first-order valence-corrected chi connectivity index (χ1v) is 21.4. The molecule has 2 fully saturated rings. The molecule has 4 heteroatoms. The molecular formula is C42H86N4. The summed E-state index contributed by atoms with van der Waals surface area (Å²) in [5, 5.41) is 0. The molecule has 46 heavy (non-hydrogen) atoms. The quantitative estimate of drug-likeness (QED) is 0.0686. The highest BCUT2D eigenvalue weighted by Gasteiger charge is 2.46. The summed E-state index contributed by atoms with van der Waals surface area (Å²) >= 11 is 0. The van der Waals surface area contributed by atoms with Gasteiger partial charge in [-0.05, 0) is 115 Å². The molecular weight excluding hydrogens is 564 g/mol. The number of hydrogen-bond donors (Lipinski definition) is 2. The van der Waals surface area contributed by atoms with Crippen LogP contribution in [0.3, 0.4) is 0 Å². The Bertz CT molecular complexity index is 642. The van der Waals surface area contributed by atoms with Gasteiger partial charge >= 0.3 is 0 Å². The fraction of sp³-hybridized carbons (Fsp3) is 1.00. The molecule has 2 atom stereocenters. The Morgan fingerprint density at radius 1 is 0.478 bits per heavy atom. The van der Waals surface area contributed by atoms with E-state index in [0.717, 1.165) is 24.2 Å². The van der Waals surface area contributed by atoms with Gasteiger partial charge in [-0.25, -0.2) is 0 Å². The number of unbranched alkanes of at least 4 members (excludes halogenated alkanes) is 5. The Labute approximate surface area is 290 Å². The summed E-state index contributed by atoms with van der Waals surface area (Å²) in [5.74, 6) is 2.46.